The Morgan fingerprint density at radius 3 is 2.58 bits per heavy atom. The number of tetrazole rings is 1. The number of likely N-dealkylation sites (tertiary alicyclic amines) is 1. The molecule has 1 amide bonds. The molecule has 19 heavy (non-hydrogen) atoms. The smallest absolute Gasteiger partial charge is 0.223 e. The molecule has 0 aromatic carbocycles. The van der Waals surface area contributed by atoms with E-state index >= 15 is 0 Å². The van der Waals surface area contributed by atoms with Crippen LogP contribution in [0, 0.1) is 5.92 Å². The third-order valence-corrected chi connectivity index (χ3v) is 3.74. The highest BCUT2D eigenvalue weighted by Gasteiger charge is 2.27. The Hall–Kier alpha value is -1.50. The van der Waals surface area contributed by atoms with Gasteiger partial charge in [0, 0.05) is 12.0 Å². The topological polar surface area (TPSA) is 86.8 Å². The fourth-order valence-electron chi connectivity index (χ4n) is 2.43. The molecule has 2 N–H and O–H groups in total. The molecule has 1 aromatic rings. The van der Waals surface area contributed by atoms with Crippen molar-refractivity contribution in [1.82, 2.24) is 30.8 Å². The van der Waals surface area contributed by atoms with Crippen LogP contribution in [0.4, 0.5) is 0 Å². The molecule has 0 saturated carbocycles. The minimum Gasteiger partial charge on any atom is -0.346 e. The van der Waals surface area contributed by atoms with E-state index in [0.717, 1.165) is 25.9 Å². The molecule has 2 rings (SSSR count). The number of carbonyl (C=O) groups excluding carboxylic acids is 1. The summed E-state index contributed by atoms with van der Waals surface area (Å²) >= 11 is 0. The summed E-state index contributed by atoms with van der Waals surface area (Å²) in [5, 5.41) is 16.6. The van der Waals surface area contributed by atoms with Crippen molar-refractivity contribution < 1.29 is 4.79 Å². The number of amides is 1. The molecule has 7 nitrogen and oxygen atoms in total. The van der Waals surface area contributed by atoms with Crippen molar-refractivity contribution in [2.45, 2.75) is 45.7 Å². The van der Waals surface area contributed by atoms with Gasteiger partial charge in [-0.25, -0.2) is 0 Å². The zero-order valence-corrected chi connectivity index (χ0v) is 11.8. The summed E-state index contributed by atoms with van der Waals surface area (Å²) in [6, 6.07) is 0.358. The highest BCUT2D eigenvalue weighted by molar-refractivity contribution is 5.79. The number of nitrogens with zero attached hydrogens (tertiary/aromatic N) is 4. The molecule has 0 aliphatic carbocycles. The second-order valence-electron chi connectivity index (χ2n) is 5.40. The van der Waals surface area contributed by atoms with Gasteiger partial charge in [-0.15, -0.1) is 10.2 Å². The van der Waals surface area contributed by atoms with Crippen LogP contribution >= 0.6 is 0 Å². The third kappa shape index (κ3) is 3.50. The average Bonchev–Trinajstić information content (AvgIpc) is 2.92. The van der Waals surface area contributed by atoms with Crippen molar-refractivity contribution in [2.75, 3.05) is 13.1 Å². The molecule has 1 atom stereocenters. The van der Waals surface area contributed by atoms with E-state index in [4.69, 9.17) is 0 Å². The van der Waals surface area contributed by atoms with Crippen LogP contribution in [0.3, 0.4) is 0 Å². The van der Waals surface area contributed by atoms with Crippen molar-refractivity contribution in [1.29, 1.82) is 0 Å². The highest BCUT2D eigenvalue weighted by atomic mass is 16.2. The van der Waals surface area contributed by atoms with E-state index in [1.54, 1.807) is 0 Å². The number of piperidine rings is 1. The fraction of sp³-hybridized carbons (Fsp3) is 0.833. The Bertz CT molecular complexity index is 396. The Labute approximate surface area is 113 Å². The van der Waals surface area contributed by atoms with Crippen molar-refractivity contribution in [2.24, 2.45) is 5.92 Å². The number of hydrogen-bond donors (Lipinski definition) is 2. The van der Waals surface area contributed by atoms with Gasteiger partial charge in [0.05, 0.1) is 6.04 Å². The molecule has 2 heterocycles. The summed E-state index contributed by atoms with van der Waals surface area (Å²) in [5.41, 5.74) is 0. The van der Waals surface area contributed by atoms with E-state index in [1.807, 2.05) is 6.92 Å². The van der Waals surface area contributed by atoms with Gasteiger partial charge in [-0.1, -0.05) is 5.21 Å². The molecule has 0 spiro atoms. The Kier molecular flexibility index (Phi) is 4.47. The molecule has 1 aliphatic rings. The minimum absolute atomic E-state index is 0.0979. The summed E-state index contributed by atoms with van der Waals surface area (Å²) in [7, 11) is 0. The Morgan fingerprint density at radius 1 is 1.37 bits per heavy atom. The highest BCUT2D eigenvalue weighted by Crippen LogP contribution is 2.20. The van der Waals surface area contributed by atoms with Gasteiger partial charge >= 0.3 is 0 Å². The van der Waals surface area contributed by atoms with Gasteiger partial charge < -0.3 is 10.2 Å². The number of aromatic nitrogens is 4. The zero-order valence-electron chi connectivity index (χ0n) is 11.8. The molecule has 7 heteroatoms. The summed E-state index contributed by atoms with van der Waals surface area (Å²) in [5.74, 6) is 0.720. The van der Waals surface area contributed by atoms with Gasteiger partial charge in [-0.05, 0) is 46.7 Å². The van der Waals surface area contributed by atoms with Gasteiger partial charge in [0.25, 0.3) is 0 Å². The van der Waals surface area contributed by atoms with Gasteiger partial charge in [-0.2, -0.15) is 5.21 Å². The molecule has 106 valence electrons. The van der Waals surface area contributed by atoms with Crippen LogP contribution in [0.25, 0.3) is 0 Å². The number of nitrogens with one attached hydrogen (secondary N) is 2. The van der Waals surface area contributed by atoms with Crippen LogP contribution in [0.1, 0.15) is 45.5 Å². The number of aromatic amines is 1. The first kappa shape index (κ1) is 13.9. The molecular formula is C12H22N6O. The first-order chi connectivity index (χ1) is 9.08. The lowest BCUT2D eigenvalue weighted by atomic mass is 9.95. The molecule has 0 bridgehead atoms. The molecule has 1 saturated heterocycles. The van der Waals surface area contributed by atoms with Crippen LogP contribution in [0.15, 0.2) is 0 Å². The summed E-state index contributed by atoms with van der Waals surface area (Å²) in [6.07, 6.45) is 1.84. The second kappa shape index (κ2) is 6.10. The quantitative estimate of drug-likeness (QED) is 0.828. The van der Waals surface area contributed by atoms with E-state index < -0.39 is 0 Å². The van der Waals surface area contributed by atoms with Crippen LogP contribution in [-0.2, 0) is 4.79 Å². The lowest BCUT2D eigenvalue weighted by Crippen LogP contribution is -2.43. The molecule has 0 radical (unpaired) electrons. The van der Waals surface area contributed by atoms with Gasteiger partial charge in [0.2, 0.25) is 5.91 Å². The van der Waals surface area contributed by atoms with Crippen LogP contribution < -0.4 is 5.32 Å². The summed E-state index contributed by atoms with van der Waals surface area (Å²) in [4.78, 5) is 14.6. The fourth-order valence-corrected chi connectivity index (χ4v) is 2.43. The number of hydrogen-bond acceptors (Lipinski definition) is 5. The maximum absolute atomic E-state index is 12.2. The molecule has 1 unspecified atom stereocenters. The maximum Gasteiger partial charge on any atom is 0.223 e. The predicted octanol–water partition coefficient (Wildman–Crippen LogP) is 0.497. The molecule has 1 fully saturated rings. The standard InChI is InChI=1S/C12H22N6O/c1-8(2)18-6-4-10(5-7-18)12(19)13-9(3)11-14-16-17-15-11/h8-10H,4-7H2,1-3H3,(H,13,19)(H,14,15,16,17). The first-order valence-corrected chi connectivity index (χ1v) is 6.85. The van der Waals surface area contributed by atoms with E-state index in [9.17, 15) is 4.79 Å². The Morgan fingerprint density at radius 2 is 2.05 bits per heavy atom. The lowest BCUT2D eigenvalue weighted by molar-refractivity contribution is -0.127. The van der Waals surface area contributed by atoms with Crippen molar-refractivity contribution in [3.05, 3.63) is 5.82 Å². The summed E-state index contributed by atoms with van der Waals surface area (Å²) in [6.45, 7) is 8.24. The second-order valence-corrected chi connectivity index (χ2v) is 5.40. The molecule has 1 aromatic heterocycles. The number of rotatable bonds is 4. The van der Waals surface area contributed by atoms with Crippen LogP contribution in [-0.4, -0.2) is 50.6 Å². The number of carbonyl (C=O) groups is 1. The SMILES string of the molecule is CC(NC(=O)C1CCN(C(C)C)CC1)c1nn[nH]n1. The normalized spacial score (nSPS) is 19.6. The predicted molar refractivity (Wildman–Crippen MR) is 70.2 cm³/mol. The van der Waals surface area contributed by atoms with Crippen molar-refractivity contribution in [3.63, 3.8) is 0 Å². The zero-order chi connectivity index (χ0) is 13.8. The van der Waals surface area contributed by atoms with Crippen molar-refractivity contribution >= 4 is 5.91 Å². The van der Waals surface area contributed by atoms with Crippen LogP contribution in [0.2, 0.25) is 0 Å². The van der Waals surface area contributed by atoms with Crippen LogP contribution in [0.5, 0.6) is 0 Å². The molecule has 1 aliphatic heterocycles. The van der Waals surface area contributed by atoms with E-state index in [2.05, 4.69) is 44.7 Å². The van der Waals surface area contributed by atoms with Crippen molar-refractivity contribution in [3.8, 4) is 0 Å². The largest absolute Gasteiger partial charge is 0.346 e. The lowest BCUT2D eigenvalue weighted by Gasteiger charge is -2.34. The monoisotopic (exact) mass is 266 g/mol. The number of H-pyrrole nitrogens is 1. The first-order valence-electron chi connectivity index (χ1n) is 6.85. The van der Waals surface area contributed by atoms with Gasteiger partial charge in [0.15, 0.2) is 5.82 Å². The van der Waals surface area contributed by atoms with E-state index in [0.29, 0.717) is 11.9 Å². The molecular weight excluding hydrogens is 244 g/mol. The average molecular weight is 266 g/mol. The third-order valence-electron chi connectivity index (χ3n) is 3.74. The van der Waals surface area contributed by atoms with E-state index in [1.165, 1.54) is 0 Å². The van der Waals surface area contributed by atoms with E-state index in [-0.39, 0.29) is 17.9 Å². The maximum atomic E-state index is 12.2. The Balaban J connectivity index is 1.81. The minimum atomic E-state index is -0.200. The van der Waals surface area contributed by atoms with Gasteiger partial charge in [-0.3, -0.25) is 4.79 Å². The van der Waals surface area contributed by atoms with Gasteiger partial charge in [0.1, 0.15) is 0 Å². The summed E-state index contributed by atoms with van der Waals surface area (Å²) < 4.78 is 0.